The molecule has 0 unspecified atom stereocenters. The molecule has 1 N–H and O–H groups in total. The molecule has 0 amide bonds. The summed E-state index contributed by atoms with van der Waals surface area (Å²) in [6, 6.07) is 6.24. The molecule has 0 saturated heterocycles. The molecule has 0 radical (unpaired) electrons. The maximum Gasteiger partial charge on any atom is 0.264 e. The van der Waals surface area contributed by atoms with Crippen LogP contribution in [-0.2, 0) is 17.1 Å². The molecule has 0 atom stereocenters. The highest BCUT2D eigenvalue weighted by Crippen LogP contribution is 2.26. The first-order valence-electron chi connectivity index (χ1n) is 5.28. The molecular weight excluding hydrogens is 354 g/mol. The fourth-order valence-corrected chi connectivity index (χ4v) is 3.71. The van der Waals surface area contributed by atoms with Gasteiger partial charge in [0, 0.05) is 17.6 Å². The molecule has 0 fully saturated rings. The van der Waals surface area contributed by atoms with E-state index in [1.165, 1.54) is 16.8 Å². The number of anilines is 1. The van der Waals surface area contributed by atoms with Crippen LogP contribution < -0.4 is 4.72 Å². The molecule has 102 valence electrons. The van der Waals surface area contributed by atoms with Crippen LogP contribution in [0.1, 0.15) is 5.69 Å². The van der Waals surface area contributed by atoms with Crippen molar-refractivity contribution in [3.63, 3.8) is 0 Å². The van der Waals surface area contributed by atoms with Gasteiger partial charge in [-0.25, -0.2) is 8.42 Å². The molecule has 0 aliphatic carbocycles. The largest absolute Gasteiger partial charge is 0.264 e. The molecule has 2 rings (SSSR count). The number of benzene rings is 1. The zero-order chi connectivity index (χ0) is 14.2. The van der Waals surface area contributed by atoms with Crippen molar-refractivity contribution in [2.45, 2.75) is 11.8 Å². The summed E-state index contributed by atoms with van der Waals surface area (Å²) in [4.78, 5) is 0.0243. The Morgan fingerprint density at radius 2 is 2.05 bits per heavy atom. The molecule has 0 aliphatic rings. The Kier molecular flexibility index (Phi) is 3.89. The SMILES string of the molecule is Cc1cc(NS(=O)(=O)c2ccc(Br)cc2Cl)n(C)n1. The predicted octanol–water partition coefficient (Wildman–Crippen LogP) is 2.95. The van der Waals surface area contributed by atoms with Gasteiger partial charge >= 0.3 is 0 Å². The van der Waals surface area contributed by atoms with Gasteiger partial charge in [0.25, 0.3) is 10.0 Å². The highest BCUT2D eigenvalue weighted by atomic mass is 79.9. The minimum Gasteiger partial charge on any atom is -0.264 e. The Hall–Kier alpha value is -1.05. The van der Waals surface area contributed by atoms with Gasteiger partial charge in [0.15, 0.2) is 0 Å². The molecule has 8 heteroatoms. The van der Waals surface area contributed by atoms with Crippen molar-refractivity contribution in [2.75, 3.05) is 4.72 Å². The van der Waals surface area contributed by atoms with Crippen molar-refractivity contribution in [2.24, 2.45) is 7.05 Å². The number of nitrogens with zero attached hydrogens (tertiary/aromatic N) is 2. The van der Waals surface area contributed by atoms with E-state index < -0.39 is 10.0 Å². The van der Waals surface area contributed by atoms with Crippen molar-refractivity contribution < 1.29 is 8.42 Å². The quantitative estimate of drug-likeness (QED) is 0.910. The molecule has 19 heavy (non-hydrogen) atoms. The van der Waals surface area contributed by atoms with Gasteiger partial charge in [0.2, 0.25) is 0 Å². The van der Waals surface area contributed by atoms with E-state index >= 15 is 0 Å². The van der Waals surface area contributed by atoms with E-state index in [1.807, 2.05) is 0 Å². The molecule has 0 spiro atoms. The van der Waals surface area contributed by atoms with Crippen molar-refractivity contribution in [3.8, 4) is 0 Å². The van der Waals surface area contributed by atoms with E-state index in [0.717, 1.165) is 5.69 Å². The lowest BCUT2D eigenvalue weighted by atomic mass is 10.4. The lowest BCUT2D eigenvalue weighted by molar-refractivity contribution is 0.600. The van der Waals surface area contributed by atoms with Gasteiger partial charge < -0.3 is 0 Å². The second-order valence-electron chi connectivity index (χ2n) is 3.97. The monoisotopic (exact) mass is 363 g/mol. The van der Waals surface area contributed by atoms with E-state index in [-0.39, 0.29) is 9.92 Å². The maximum absolute atomic E-state index is 12.2. The first kappa shape index (κ1) is 14.4. The Bertz CT molecular complexity index is 728. The van der Waals surface area contributed by atoms with Gasteiger partial charge in [-0.2, -0.15) is 5.10 Å². The molecular formula is C11H11BrClN3O2S. The highest BCUT2D eigenvalue weighted by molar-refractivity contribution is 9.10. The second-order valence-corrected chi connectivity index (χ2v) is 6.95. The normalized spacial score (nSPS) is 11.6. The minimum absolute atomic E-state index is 0.0243. The van der Waals surface area contributed by atoms with Crippen LogP contribution >= 0.6 is 27.5 Å². The van der Waals surface area contributed by atoms with Crippen molar-refractivity contribution >= 4 is 43.4 Å². The van der Waals surface area contributed by atoms with Crippen LogP contribution in [0, 0.1) is 6.92 Å². The average molecular weight is 365 g/mol. The first-order valence-corrected chi connectivity index (χ1v) is 7.93. The van der Waals surface area contributed by atoms with E-state index in [2.05, 4.69) is 25.8 Å². The Balaban J connectivity index is 2.40. The number of aryl methyl sites for hydroxylation is 2. The average Bonchev–Trinajstić information content (AvgIpc) is 2.55. The third kappa shape index (κ3) is 3.10. The van der Waals surface area contributed by atoms with E-state index in [1.54, 1.807) is 26.1 Å². The smallest absolute Gasteiger partial charge is 0.264 e. The fraction of sp³-hybridized carbons (Fsp3) is 0.182. The number of halogens is 2. The van der Waals surface area contributed by atoms with Gasteiger partial charge in [-0.1, -0.05) is 27.5 Å². The summed E-state index contributed by atoms with van der Waals surface area (Å²) in [5, 5.41) is 4.23. The van der Waals surface area contributed by atoms with Crippen LogP contribution in [0.15, 0.2) is 33.6 Å². The first-order chi connectivity index (χ1) is 8.79. The van der Waals surface area contributed by atoms with Crippen molar-refractivity contribution in [3.05, 3.63) is 39.5 Å². The molecule has 0 saturated carbocycles. The Morgan fingerprint density at radius 3 is 2.58 bits per heavy atom. The second kappa shape index (κ2) is 5.15. The van der Waals surface area contributed by atoms with Crippen LogP contribution in [0.25, 0.3) is 0 Å². The number of aromatic nitrogens is 2. The molecule has 0 bridgehead atoms. The molecule has 0 aliphatic heterocycles. The standard InChI is InChI=1S/C11H11BrClN3O2S/c1-7-5-11(16(2)14-7)15-19(17,18)10-4-3-8(12)6-9(10)13/h3-6,15H,1-2H3. The van der Waals surface area contributed by atoms with Gasteiger partial charge in [-0.3, -0.25) is 9.40 Å². The maximum atomic E-state index is 12.2. The van der Waals surface area contributed by atoms with Crippen molar-refractivity contribution in [1.82, 2.24) is 9.78 Å². The molecule has 1 aromatic heterocycles. The minimum atomic E-state index is -3.73. The summed E-state index contributed by atoms with van der Waals surface area (Å²) in [7, 11) is -2.07. The Labute approximate surface area is 124 Å². The summed E-state index contributed by atoms with van der Waals surface area (Å²) in [6.45, 7) is 1.78. The lowest BCUT2D eigenvalue weighted by Crippen LogP contribution is -2.15. The summed E-state index contributed by atoms with van der Waals surface area (Å²) in [5.74, 6) is 0.386. The Morgan fingerprint density at radius 1 is 1.37 bits per heavy atom. The zero-order valence-corrected chi connectivity index (χ0v) is 13.3. The van der Waals surface area contributed by atoms with Crippen LogP contribution in [0.3, 0.4) is 0 Å². The number of rotatable bonds is 3. The zero-order valence-electron chi connectivity index (χ0n) is 10.2. The summed E-state index contributed by atoms with van der Waals surface area (Å²) < 4.78 is 29.1. The third-order valence-corrected chi connectivity index (χ3v) is 4.76. The lowest BCUT2D eigenvalue weighted by Gasteiger charge is -2.09. The predicted molar refractivity (Wildman–Crippen MR) is 77.9 cm³/mol. The van der Waals surface area contributed by atoms with E-state index in [9.17, 15) is 8.42 Å². The molecule has 2 aromatic rings. The fourth-order valence-electron chi connectivity index (χ4n) is 1.59. The number of hydrogen-bond acceptors (Lipinski definition) is 3. The number of sulfonamides is 1. The summed E-state index contributed by atoms with van der Waals surface area (Å²) >= 11 is 9.18. The number of hydrogen-bond donors (Lipinski definition) is 1. The third-order valence-electron chi connectivity index (χ3n) is 2.42. The molecule has 5 nitrogen and oxygen atoms in total. The topological polar surface area (TPSA) is 64.0 Å². The van der Waals surface area contributed by atoms with Gasteiger partial charge in [-0.15, -0.1) is 0 Å². The van der Waals surface area contributed by atoms with Crippen LogP contribution in [0.4, 0.5) is 5.82 Å². The summed E-state index contributed by atoms with van der Waals surface area (Å²) in [5.41, 5.74) is 0.724. The highest BCUT2D eigenvalue weighted by Gasteiger charge is 2.19. The number of nitrogens with one attached hydrogen (secondary N) is 1. The molecule has 1 aromatic carbocycles. The van der Waals surface area contributed by atoms with Crippen LogP contribution in [0.5, 0.6) is 0 Å². The van der Waals surface area contributed by atoms with Gasteiger partial charge in [0.1, 0.15) is 10.7 Å². The molecule has 1 heterocycles. The van der Waals surface area contributed by atoms with Gasteiger partial charge in [-0.05, 0) is 25.1 Å². The van der Waals surface area contributed by atoms with E-state index in [4.69, 9.17) is 11.6 Å². The van der Waals surface area contributed by atoms with Crippen LogP contribution in [0.2, 0.25) is 5.02 Å². The summed E-state index contributed by atoms with van der Waals surface area (Å²) in [6.07, 6.45) is 0. The van der Waals surface area contributed by atoms with Crippen molar-refractivity contribution in [1.29, 1.82) is 0 Å². The van der Waals surface area contributed by atoms with Gasteiger partial charge in [0.05, 0.1) is 10.7 Å². The van der Waals surface area contributed by atoms with Crippen LogP contribution in [-0.4, -0.2) is 18.2 Å². The van der Waals surface area contributed by atoms with E-state index in [0.29, 0.717) is 10.3 Å².